The summed E-state index contributed by atoms with van der Waals surface area (Å²) in [6.07, 6.45) is 4.36. The molecular formula is C42H50F2N4O5Si. The van der Waals surface area contributed by atoms with Gasteiger partial charge in [-0.3, -0.25) is 0 Å². The Morgan fingerprint density at radius 2 is 1.80 bits per heavy atom. The van der Waals surface area contributed by atoms with Crippen LogP contribution in [0.25, 0.3) is 32.9 Å². The highest BCUT2D eigenvalue weighted by Gasteiger charge is 2.44. The van der Waals surface area contributed by atoms with Crippen LogP contribution in [-0.2, 0) is 20.7 Å². The number of pyridine rings is 1. The van der Waals surface area contributed by atoms with Crippen LogP contribution in [0, 0.1) is 28.5 Å². The maximum atomic E-state index is 17.6. The van der Waals surface area contributed by atoms with Gasteiger partial charge in [-0.15, -0.1) is 5.54 Å². The lowest BCUT2D eigenvalue weighted by molar-refractivity contribution is -0.113. The number of methoxy groups -OCH3 is 1. The number of fused-ring (bicyclic) bond motifs is 3. The molecule has 12 heteroatoms. The van der Waals surface area contributed by atoms with E-state index in [1.807, 2.05) is 0 Å². The Morgan fingerprint density at radius 3 is 2.48 bits per heavy atom. The number of rotatable bonds is 11. The fourth-order valence-electron chi connectivity index (χ4n) is 8.69. The molecule has 0 bridgehead atoms. The third-order valence-electron chi connectivity index (χ3n) is 11.8. The van der Waals surface area contributed by atoms with Crippen molar-refractivity contribution in [2.75, 3.05) is 45.2 Å². The first-order valence-electron chi connectivity index (χ1n) is 19.2. The second kappa shape index (κ2) is 15.2. The quantitative estimate of drug-likeness (QED) is 0.0646. The van der Waals surface area contributed by atoms with E-state index in [-0.39, 0.29) is 42.2 Å². The molecule has 0 spiro atoms. The van der Waals surface area contributed by atoms with E-state index in [0.29, 0.717) is 88.2 Å². The molecule has 7 rings (SSSR count). The van der Waals surface area contributed by atoms with Crippen LogP contribution in [0.15, 0.2) is 24.3 Å². The van der Waals surface area contributed by atoms with Gasteiger partial charge < -0.3 is 28.6 Å². The molecule has 2 aromatic heterocycles. The molecule has 4 heterocycles. The first-order valence-corrected chi connectivity index (χ1v) is 21.4. The summed E-state index contributed by atoms with van der Waals surface area (Å²) in [6, 6.07) is 6.54. The molecule has 0 amide bonds. The van der Waals surface area contributed by atoms with E-state index >= 15 is 8.78 Å². The summed E-state index contributed by atoms with van der Waals surface area (Å²) in [6.45, 7) is 15.1. The number of carbonyl (C=O) groups is 1. The summed E-state index contributed by atoms with van der Waals surface area (Å²) in [5.41, 5.74) is 5.34. The molecule has 2 fully saturated rings. The van der Waals surface area contributed by atoms with Gasteiger partial charge >= 0.3 is 6.01 Å². The summed E-state index contributed by atoms with van der Waals surface area (Å²) < 4.78 is 57.0. The highest BCUT2D eigenvalue weighted by Crippen LogP contribution is 2.46. The molecule has 3 aliphatic rings. The van der Waals surface area contributed by atoms with Crippen molar-refractivity contribution in [1.82, 2.24) is 15.0 Å². The molecule has 1 atom stereocenters. The van der Waals surface area contributed by atoms with E-state index in [4.69, 9.17) is 28.9 Å². The van der Waals surface area contributed by atoms with E-state index < -0.39 is 25.1 Å². The third kappa shape index (κ3) is 6.84. The standard InChI is InChI=1S/C42H50F2N4O5Si/c1-25(2)54(26(3)4,27(5)6)18-13-31-33(43)11-9-28-19-30(53-24-50-7)20-32(35(28)31)38-37(44)39-36-34(45-38)12-10-29-21-51-17-8-16-48(29)40(36)47-41(46-39)52-23-42(22-49)14-15-42/h9,11,19-20,22,25-27,29H,8,10,12,14-17,21,23-24H2,1-7H3/t29-/m0/s1. The summed E-state index contributed by atoms with van der Waals surface area (Å²) in [4.78, 5) is 28.6. The van der Waals surface area contributed by atoms with Gasteiger partial charge in [0.2, 0.25) is 0 Å². The minimum absolute atomic E-state index is 0.00423. The Morgan fingerprint density at radius 1 is 1.04 bits per heavy atom. The van der Waals surface area contributed by atoms with Crippen LogP contribution in [0.3, 0.4) is 0 Å². The van der Waals surface area contributed by atoms with Crippen LogP contribution >= 0.6 is 0 Å². The predicted molar refractivity (Wildman–Crippen MR) is 209 cm³/mol. The molecule has 286 valence electrons. The lowest BCUT2D eigenvalue weighted by atomic mass is 9.95. The maximum Gasteiger partial charge on any atom is 0.319 e. The van der Waals surface area contributed by atoms with E-state index in [1.165, 1.54) is 13.2 Å². The van der Waals surface area contributed by atoms with Gasteiger partial charge in [0.05, 0.1) is 34.7 Å². The number of carbonyl (C=O) groups excluding carboxylic acids is 1. The third-order valence-corrected chi connectivity index (χ3v) is 18.1. The number of aromatic nitrogens is 3. The molecule has 1 aliphatic carbocycles. The smallest absolute Gasteiger partial charge is 0.319 e. The molecule has 4 aromatic rings. The molecule has 0 N–H and O–H groups in total. The van der Waals surface area contributed by atoms with Gasteiger partial charge in [-0.05, 0) is 72.3 Å². The lowest BCUT2D eigenvalue weighted by Crippen LogP contribution is -2.43. The number of aryl methyl sites for hydroxylation is 1. The molecule has 9 nitrogen and oxygen atoms in total. The monoisotopic (exact) mass is 756 g/mol. The van der Waals surface area contributed by atoms with Gasteiger partial charge in [0.25, 0.3) is 0 Å². The van der Waals surface area contributed by atoms with Gasteiger partial charge in [-0.1, -0.05) is 53.5 Å². The van der Waals surface area contributed by atoms with Gasteiger partial charge in [0.1, 0.15) is 49.6 Å². The zero-order valence-corrected chi connectivity index (χ0v) is 33.4. The minimum Gasteiger partial charge on any atom is -0.468 e. The molecule has 0 unspecified atom stereocenters. The Hall–Kier alpha value is -4.18. The Labute approximate surface area is 317 Å². The van der Waals surface area contributed by atoms with Gasteiger partial charge in [-0.2, -0.15) is 9.97 Å². The molecular weight excluding hydrogens is 707 g/mol. The van der Waals surface area contributed by atoms with Gasteiger partial charge in [0.15, 0.2) is 12.6 Å². The minimum atomic E-state index is -2.28. The van der Waals surface area contributed by atoms with Crippen molar-refractivity contribution in [3.63, 3.8) is 0 Å². The van der Waals surface area contributed by atoms with Crippen LogP contribution in [0.2, 0.25) is 16.6 Å². The van der Waals surface area contributed by atoms with Crippen molar-refractivity contribution in [3.8, 4) is 34.5 Å². The van der Waals surface area contributed by atoms with Crippen molar-refractivity contribution >= 4 is 41.9 Å². The van der Waals surface area contributed by atoms with Crippen LogP contribution in [-0.4, -0.2) is 75.6 Å². The average molecular weight is 757 g/mol. The molecule has 0 radical (unpaired) electrons. The van der Waals surface area contributed by atoms with Gasteiger partial charge in [0, 0.05) is 31.2 Å². The van der Waals surface area contributed by atoms with E-state index in [9.17, 15) is 4.79 Å². The number of nitrogens with zero attached hydrogens (tertiary/aromatic N) is 4. The first kappa shape index (κ1) is 38.1. The van der Waals surface area contributed by atoms with Crippen molar-refractivity contribution in [1.29, 1.82) is 0 Å². The molecule has 54 heavy (non-hydrogen) atoms. The second-order valence-corrected chi connectivity index (χ2v) is 21.6. The first-order chi connectivity index (χ1) is 25.9. The fraction of sp³-hybridized carbons (Fsp3) is 0.524. The van der Waals surface area contributed by atoms with Crippen molar-refractivity contribution < 1.29 is 32.5 Å². The summed E-state index contributed by atoms with van der Waals surface area (Å²) in [5.74, 6) is 3.13. The highest BCUT2D eigenvalue weighted by molar-refractivity contribution is 6.90. The zero-order valence-electron chi connectivity index (χ0n) is 32.4. The number of hydrogen-bond donors (Lipinski definition) is 0. The lowest BCUT2D eigenvalue weighted by Gasteiger charge is -2.38. The molecule has 2 aromatic carbocycles. The predicted octanol–water partition coefficient (Wildman–Crippen LogP) is 8.57. The summed E-state index contributed by atoms with van der Waals surface area (Å²) >= 11 is 0. The zero-order chi connectivity index (χ0) is 38.4. The normalized spacial score (nSPS) is 18.0. The number of ether oxygens (including phenoxy) is 4. The van der Waals surface area contributed by atoms with E-state index in [0.717, 1.165) is 25.5 Å². The Bertz CT molecular complexity index is 2120. The number of benzene rings is 2. The van der Waals surface area contributed by atoms with Crippen molar-refractivity contribution in [2.45, 2.75) is 96.3 Å². The molecule has 2 aliphatic heterocycles. The van der Waals surface area contributed by atoms with Crippen LogP contribution in [0.5, 0.6) is 11.8 Å². The number of halogens is 2. The summed E-state index contributed by atoms with van der Waals surface area (Å²) in [7, 11) is -0.760. The topological polar surface area (TPSA) is 95.9 Å². The number of hydrogen-bond acceptors (Lipinski definition) is 9. The van der Waals surface area contributed by atoms with Crippen molar-refractivity contribution in [2.24, 2.45) is 5.41 Å². The largest absolute Gasteiger partial charge is 0.468 e. The summed E-state index contributed by atoms with van der Waals surface area (Å²) in [5, 5.41) is 1.60. The maximum absolute atomic E-state index is 17.6. The second-order valence-electron chi connectivity index (χ2n) is 16.0. The average Bonchev–Trinajstić information content (AvgIpc) is 3.98. The van der Waals surface area contributed by atoms with E-state index in [1.54, 1.807) is 18.2 Å². The SMILES string of the molecule is COCOc1cc(-c2nc3c4c(nc(OCC5(C=O)CC5)nc4c2F)N2CCCOC[C@@H]2CC3)c2c(C#C[Si](C(C)C)(C(C)C)C(C)C)c(F)ccc2c1. The van der Waals surface area contributed by atoms with E-state index in [2.05, 4.69) is 62.9 Å². The van der Waals surface area contributed by atoms with Crippen molar-refractivity contribution in [3.05, 3.63) is 47.2 Å². The van der Waals surface area contributed by atoms with Crippen LogP contribution in [0.1, 0.15) is 78.5 Å². The Kier molecular flexibility index (Phi) is 10.7. The molecule has 1 saturated carbocycles. The van der Waals surface area contributed by atoms with Crippen LogP contribution in [0.4, 0.5) is 14.6 Å². The van der Waals surface area contributed by atoms with Crippen LogP contribution < -0.4 is 14.4 Å². The molecule has 1 saturated heterocycles. The number of aldehydes is 1. The fourth-order valence-corrected chi connectivity index (χ4v) is 13.9. The Balaban J connectivity index is 1.50. The van der Waals surface area contributed by atoms with Gasteiger partial charge in [-0.25, -0.2) is 13.8 Å². The highest BCUT2D eigenvalue weighted by atomic mass is 28.3. The number of anilines is 1.